The lowest BCUT2D eigenvalue weighted by atomic mass is 10.1. The smallest absolute Gasteiger partial charge is 0.127 e. The number of benzene rings is 1. The Kier molecular flexibility index (Phi) is 5.95. The van der Waals surface area contributed by atoms with Gasteiger partial charge in [-0.05, 0) is 18.6 Å². The van der Waals surface area contributed by atoms with Crippen LogP contribution in [0, 0.1) is 11.3 Å². The molecular formula is C16H19N3O2. The largest absolute Gasteiger partial charge is 0.382 e. The molecule has 0 aliphatic carbocycles. The van der Waals surface area contributed by atoms with Gasteiger partial charge in [-0.2, -0.15) is 5.26 Å². The normalized spacial score (nSPS) is 10.5. The Morgan fingerprint density at radius 3 is 2.90 bits per heavy atom. The molecule has 0 radical (unpaired) electrons. The molecule has 5 heteroatoms. The maximum atomic E-state index is 9.21. The Bertz CT molecular complexity index is 622. The second kappa shape index (κ2) is 8.20. The third-order valence-corrected chi connectivity index (χ3v) is 3.04. The van der Waals surface area contributed by atoms with Crippen molar-refractivity contribution in [3.8, 4) is 6.07 Å². The van der Waals surface area contributed by atoms with E-state index in [1.807, 2.05) is 24.3 Å². The van der Waals surface area contributed by atoms with Crippen LogP contribution in [0.4, 0.5) is 5.82 Å². The van der Waals surface area contributed by atoms with Crippen molar-refractivity contribution in [3.63, 3.8) is 0 Å². The topological polar surface area (TPSA) is 67.2 Å². The summed E-state index contributed by atoms with van der Waals surface area (Å²) >= 11 is 0. The Hall–Kier alpha value is -2.16. The van der Waals surface area contributed by atoms with Gasteiger partial charge in [-0.25, -0.2) is 4.98 Å². The first-order chi connectivity index (χ1) is 10.3. The van der Waals surface area contributed by atoms with Crippen molar-refractivity contribution in [2.45, 2.75) is 6.42 Å². The molecule has 0 amide bonds. The highest BCUT2D eigenvalue weighted by Gasteiger charge is 2.04. The molecule has 0 saturated heterocycles. The van der Waals surface area contributed by atoms with Crippen LogP contribution >= 0.6 is 0 Å². The second-order valence-electron chi connectivity index (χ2n) is 4.57. The lowest BCUT2D eigenvalue weighted by Gasteiger charge is -2.08. The van der Waals surface area contributed by atoms with Crippen LogP contribution in [0.3, 0.4) is 0 Å². The Labute approximate surface area is 124 Å². The minimum Gasteiger partial charge on any atom is -0.382 e. The maximum absolute atomic E-state index is 9.21. The van der Waals surface area contributed by atoms with E-state index >= 15 is 0 Å². The van der Waals surface area contributed by atoms with Crippen LogP contribution < -0.4 is 5.32 Å². The number of hydrogen-bond donors (Lipinski definition) is 1. The van der Waals surface area contributed by atoms with Gasteiger partial charge >= 0.3 is 0 Å². The summed E-state index contributed by atoms with van der Waals surface area (Å²) in [6.45, 7) is 2.66. The van der Waals surface area contributed by atoms with Gasteiger partial charge in [0.05, 0.1) is 30.4 Å². The van der Waals surface area contributed by atoms with Gasteiger partial charge in [-0.3, -0.25) is 0 Å². The summed E-state index contributed by atoms with van der Waals surface area (Å²) in [7, 11) is 1.66. The van der Waals surface area contributed by atoms with Gasteiger partial charge in [-0.15, -0.1) is 0 Å². The van der Waals surface area contributed by atoms with E-state index in [2.05, 4.69) is 16.4 Å². The number of pyridine rings is 1. The minimum atomic E-state index is 0.614. The molecule has 1 aromatic heterocycles. The number of rotatable bonds is 8. The van der Waals surface area contributed by atoms with E-state index in [-0.39, 0.29) is 0 Å². The quantitative estimate of drug-likeness (QED) is 0.755. The van der Waals surface area contributed by atoms with Gasteiger partial charge in [-0.1, -0.05) is 18.2 Å². The first-order valence-electron chi connectivity index (χ1n) is 6.95. The SMILES string of the molecule is COCCOCCCNc1cc(C#N)c2ccccc2n1. The summed E-state index contributed by atoms with van der Waals surface area (Å²) in [5.74, 6) is 0.724. The third-order valence-electron chi connectivity index (χ3n) is 3.04. The Balaban J connectivity index is 1.89. The number of nitrogens with zero attached hydrogens (tertiary/aromatic N) is 2. The fourth-order valence-corrected chi connectivity index (χ4v) is 1.99. The monoisotopic (exact) mass is 285 g/mol. The molecular weight excluding hydrogens is 266 g/mol. The summed E-state index contributed by atoms with van der Waals surface area (Å²) in [5, 5.41) is 13.3. The van der Waals surface area contributed by atoms with Crippen LogP contribution in [0.1, 0.15) is 12.0 Å². The zero-order chi connectivity index (χ0) is 14.9. The van der Waals surface area contributed by atoms with Crippen molar-refractivity contribution in [2.24, 2.45) is 0 Å². The van der Waals surface area contributed by atoms with Crippen molar-refractivity contribution in [1.82, 2.24) is 4.98 Å². The molecule has 0 aliphatic heterocycles. The van der Waals surface area contributed by atoms with Gasteiger partial charge in [0.15, 0.2) is 0 Å². The number of para-hydroxylation sites is 1. The number of ether oxygens (including phenoxy) is 2. The molecule has 21 heavy (non-hydrogen) atoms. The predicted octanol–water partition coefficient (Wildman–Crippen LogP) is 2.57. The zero-order valence-corrected chi connectivity index (χ0v) is 12.1. The highest BCUT2D eigenvalue weighted by atomic mass is 16.5. The van der Waals surface area contributed by atoms with Gasteiger partial charge in [0.25, 0.3) is 0 Å². The molecule has 1 aromatic carbocycles. The van der Waals surface area contributed by atoms with Crippen molar-refractivity contribution in [2.75, 3.05) is 38.8 Å². The fourth-order valence-electron chi connectivity index (χ4n) is 1.99. The first-order valence-corrected chi connectivity index (χ1v) is 6.95. The number of nitriles is 1. The van der Waals surface area contributed by atoms with E-state index in [9.17, 15) is 5.26 Å². The molecule has 0 fully saturated rings. The minimum absolute atomic E-state index is 0.614. The van der Waals surface area contributed by atoms with E-state index in [0.717, 1.165) is 29.7 Å². The number of anilines is 1. The van der Waals surface area contributed by atoms with Crippen LogP contribution in [-0.4, -0.2) is 38.5 Å². The van der Waals surface area contributed by atoms with Crippen LogP contribution in [0.5, 0.6) is 0 Å². The van der Waals surface area contributed by atoms with Crippen LogP contribution in [-0.2, 0) is 9.47 Å². The lowest BCUT2D eigenvalue weighted by molar-refractivity contribution is 0.0705. The Morgan fingerprint density at radius 1 is 1.24 bits per heavy atom. The molecule has 110 valence electrons. The molecule has 0 unspecified atom stereocenters. The number of nitrogens with one attached hydrogen (secondary N) is 1. The molecule has 0 aliphatic rings. The molecule has 0 saturated carbocycles. The molecule has 5 nitrogen and oxygen atoms in total. The van der Waals surface area contributed by atoms with Crippen LogP contribution in [0.15, 0.2) is 30.3 Å². The van der Waals surface area contributed by atoms with Gasteiger partial charge < -0.3 is 14.8 Å². The van der Waals surface area contributed by atoms with E-state index in [4.69, 9.17) is 9.47 Å². The van der Waals surface area contributed by atoms with Gasteiger partial charge in [0, 0.05) is 25.6 Å². The van der Waals surface area contributed by atoms with Gasteiger partial charge in [0.1, 0.15) is 5.82 Å². The van der Waals surface area contributed by atoms with Crippen molar-refractivity contribution >= 4 is 16.7 Å². The van der Waals surface area contributed by atoms with Crippen molar-refractivity contribution in [3.05, 3.63) is 35.9 Å². The van der Waals surface area contributed by atoms with Crippen LogP contribution in [0.25, 0.3) is 10.9 Å². The third kappa shape index (κ3) is 4.42. The molecule has 0 spiro atoms. The summed E-state index contributed by atoms with van der Waals surface area (Å²) in [6, 6.07) is 11.7. The number of fused-ring (bicyclic) bond motifs is 1. The molecule has 1 heterocycles. The van der Waals surface area contributed by atoms with Gasteiger partial charge in [0.2, 0.25) is 0 Å². The zero-order valence-electron chi connectivity index (χ0n) is 12.1. The van der Waals surface area contributed by atoms with Crippen LogP contribution in [0.2, 0.25) is 0 Å². The van der Waals surface area contributed by atoms with E-state index in [0.29, 0.717) is 25.4 Å². The summed E-state index contributed by atoms with van der Waals surface area (Å²) < 4.78 is 10.3. The Morgan fingerprint density at radius 2 is 2.10 bits per heavy atom. The summed E-state index contributed by atoms with van der Waals surface area (Å²) in [6.07, 6.45) is 0.875. The molecule has 0 atom stereocenters. The lowest BCUT2D eigenvalue weighted by Crippen LogP contribution is -2.09. The average Bonchev–Trinajstić information content (AvgIpc) is 2.53. The maximum Gasteiger partial charge on any atom is 0.127 e. The number of hydrogen-bond acceptors (Lipinski definition) is 5. The van der Waals surface area contributed by atoms with E-state index < -0.39 is 0 Å². The molecule has 2 aromatic rings. The predicted molar refractivity (Wildman–Crippen MR) is 82.3 cm³/mol. The standard InChI is InChI=1S/C16H19N3O2/c1-20-9-10-21-8-4-7-18-16-11-13(12-17)14-5-2-3-6-15(14)19-16/h2-3,5-6,11H,4,7-10H2,1H3,(H,18,19). The van der Waals surface area contributed by atoms with E-state index in [1.54, 1.807) is 13.2 Å². The molecule has 2 rings (SSSR count). The summed E-state index contributed by atoms with van der Waals surface area (Å²) in [5.41, 5.74) is 1.47. The number of aromatic nitrogens is 1. The molecule has 1 N–H and O–H groups in total. The van der Waals surface area contributed by atoms with Crippen molar-refractivity contribution < 1.29 is 9.47 Å². The summed E-state index contributed by atoms with van der Waals surface area (Å²) in [4.78, 5) is 4.51. The second-order valence-corrected chi connectivity index (χ2v) is 4.57. The average molecular weight is 285 g/mol. The molecule has 0 bridgehead atoms. The number of methoxy groups -OCH3 is 1. The first kappa shape index (κ1) is 15.2. The van der Waals surface area contributed by atoms with E-state index in [1.165, 1.54) is 0 Å². The fraction of sp³-hybridized carbons (Fsp3) is 0.375. The van der Waals surface area contributed by atoms with Crippen molar-refractivity contribution in [1.29, 1.82) is 5.26 Å². The highest BCUT2D eigenvalue weighted by Crippen LogP contribution is 2.19. The highest BCUT2D eigenvalue weighted by molar-refractivity contribution is 5.86.